The number of amides is 1. The van der Waals surface area contributed by atoms with Crippen LogP contribution in [0.4, 0.5) is 0 Å². The summed E-state index contributed by atoms with van der Waals surface area (Å²) in [7, 11) is 1.70. The molecule has 0 bridgehead atoms. The molecular weight excluding hydrogens is 316 g/mol. The highest BCUT2D eigenvalue weighted by Crippen LogP contribution is 2.11. The number of rotatable bonds is 7. The van der Waals surface area contributed by atoms with Gasteiger partial charge in [-0.2, -0.15) is 0 Å². The molecule has 0 saturated carbocycles. The van der Waals surface area contributed by atoms with E-state index < -0.39 is 0 Å². The number of carbonyl (C=O) groups excluding carboxylic acids is 1. The third-order valence-corrected chi connectivity index (χ3v) is 4.25. The largest absolute Gasteiger partial charge is 0.380 e. The van der Waals surface area contributed by atoms with Crippen LogP contribution in [0.1, 0.15) is 37.8 Å². The Balaban J connectivity index is 1.94. The minimum Gasteiger partial charge on any atom is -0.380 e. The third kappa shape index (κ3) is 6.05. The molecule has 1 aliphatic rings. The fraction of sp³-hybridized carbons (Fsp3) is 0.579. The average molecular weight is 346 g/mol. The Labute approximate surface area is 150 Å². The van der Waals surface area contributed by atoms with Crippen LogP contribution in [-0.4, -0.2) is 49.6 Å². The van der Waals surface area contributed by atoms with E-state index in [-0.39, 0.29) is 11.9 Å². The summed E-state index contributed by atoms with van der Waals surface area (Å²) >= 11 is 0. The van der Waals surface area contributed by atoms with Crippen LogP contribution in [0.25, 0.3) is 0 Å². The number of guanidine groups is 1. The lowest BCUT2D eigenvalue weighted by Gasteiger charge is -2.18. The monoisotopic (exact) mass is 346 g/mol. The van der Waals surface area contributed by atoms with Crippen LogP contribution in [0.15, 0.2) is 29.3 Å². The van der Waals surface area contributed by atoms with E-state index in [9.17, 15) is 4.79 Å². The molecule has 2 rings (SSSR count). The zero-order valence-corrected chi connectivity index (χ0v) is 15.5. The standard InChI is InChI=1S/C19H30N4O2/c1-4-18(24)23-10-9-17(13-23)22-19(20-5-2)21-12-15-7-6-8-16(11-15)14-25-3/h6-8,11,17H,4-5,9-10,12-14H2,1-3H3,(H2,20,21,22). The second-order valence-corrected chi connectivity index (χ2v) is 6.27. The van der Waals surface area contributed by atoms with Crippen molar-refractivity contribution in [1.29, 1.82) is 0 Å². The lowest BCUT2D eigenvalue weighted by atomic mass is 10.1. The summed E-state index contributed by atoms with van der Waals surface area (Å²) in [5.74, 6) is 1.02. The summed E-state index contributed by atoms with van der Waals surface area (Å²) in [6.07, 6.45) is 1.53. The molecular formula is C19H30N4O2. The van der Waals surface area contributed by atoms with Crippen molar-refractivity contribution in [2.75, 3.05) is 26.7 Å². The first-order valence-electron chi connectivity index (χ1n) is 9.05. The molecule has 1 aromatic carbocycles. The molecule has 6 heteroatoms. The summed E-state index contributed by atoms with van der Waals surface area (Å²) in [5, 5.41) is 6.74. The van der Waals surface area contributed by atoms with Crippen LogP contribution in [0.5, 0.6) is 0 Å². The minimum absolute atomic E-state index is 0.223. The number of aliphatic imine (C=N–C) groups is 1. The lowest BCUT2D eigenvalue weighted by molar-refractivity contribution is -0.129. The van der Waals surface area contributed by atoms with Crippen molar-refractivity contribution >= 4 is 11.9 Å². The van der Waals surface area contributed by atoms with Gasteiger partial charge < -0.3 is 20.3 Å². The van der Waals surface area contributed by atoms with E-state index in [1.807, 2.05) is 17.9 Å². The number of hydrogen-bond donors (Lipinski definition) is 2. The number of nitrogens with one attached hydrogen (secondary N) is 2. The van der Waals surface area contributed by atoms with Crippen molar-refractivity contribution in [1.82, 2.24) is 15.5 Å². The van der Waals surface area contributed by atoms with Gasteiger partial charge >= 0.3 is 0 Å². The third-order valence-electron chi connectivity index (χ3n) is 4.25. The summed E-state index contributed by atoms with van der Waals surface area (Å²) in [6, 6.07) is 8.54. The number of methoxy groups -OCH3 is 1. The molecule has 1 amide bonds. The van der Waals surface area contributed by atoms with Crippen molar-refractivity contribution in [3.63, 3.8) is 0 Å². The molecule has 2 N–H and O–H groups in total. The van der Waals surface area contributed by atoms with Crippen LogP contribution in [0.3, 0.4) is 0 Å². The second-order valence-electron chi connectivity index (χ2n) is 6.27. The molecule has 0 aliphatic carbocycles. The molecule has 1 atom stereocenters. The Hall–Kier alpha value is -2.08. The van der Waals surface area contributed by atoms with Crippen LogP contribution in [0, 0.1) is 0 Å². The molecule has 138 valence electrons. The van der Waals surface area contributed by atoms with Crippen molar-refractivity contribution < 1.29 is 9.53 Å². The minimum atomic E-state index is 0.223. The molecule has 1 unspecified atom stereocenters. The van der Waals surface area contributed by atoms with E-state index in [4.69, 9.17) is 4.74 Å². The van der Waals surface area contributed by atoms with E-state index in [1.54, 1.807) is 7.11 Å². The van der Waals surface area contributed by atoms with E-state index in [0.29, 0.717) is 19.6 Å². The van der Waals surface area contributed by atoms with Crippen molar-refractivity contribution in [2.24, 2.45) is 4.99 Å². The first-order chi connectivity index (χ1) is 12.2. The number of carbonyl (C=O) groups is 1. The van der Waals surface area contributed by atoms with Crippen LogP contribution < -0.4 is 10.6 Å². The number of nitrogens with zero attached hydrogens (tertiary/aromatic N) is 2. The maximum Gasteiger partial charge on any atom is 0.222 e. The zero-order valence-electron chi connectivity index (χ0n) is 15.5. The molecule has 0 radical (unpaired) electrons. The molecule has 25 heavy (non-hydrogen) atoms. The predicted octanol–water partition coefficient (Wildman–Crippen LogP) is 1.90. The molecule has 1 fully saturated rings. The van der Waals surface area contributed by atoms with Crippen molar-refractivity contribution in [3.05, 3.63) is 35.4 Å². The fourth-order valence-corrected chi connectivity index (χ4v) is 3.00. The summed E-state index contributed by atoms with van der Waals surface area (Å²) in [6.45, 7) is 7.56. The summed E-state index contributed by atoms with van der Waals surface area (Å²) in [4.78, 5) is 18.4. The second kappa shape index (κ2) is 10.0. The fourth-order valence-electron chi connectivity index (χ4n) is 3.00. The first kappa shape index (κ1) is 19.2. The van der Waals surface area contributed by atoms with Gasteiger partial charge in [0.1, 0.15) is 0 Å². The van der Waals surface area contributed by atoms with Crippen LogP contribution >= 0.6 is 0 Å². The Morgan fingerprint density at radius 1 is 1.36 bits per heavy atom. The van der Waals surface area contributed by atoms with Gasteiger partial charge in [0.2, 0.25) is 5.91 Å². The van der Waals surface area contributed by atoms with Gasteiger partial charge in [-0.15, -0.1) is 0 Å². The molecule has 0 spiro atoms. The van der Waals surface area contributed by atoms with Gasteiger partial charge in [-0.05, 0) is 24.5 Å². The summed E-state index contributed by atoms with van der Waals surface area (Å²) < 4.78 is 5.18. The SMILES string of the molecule is CCNC(=NCc1cccc(COC)c1)NC1CCN(C(=O)CC)C1. The van der Waals surface area contributed by atoms with E-state index in [0.717, 1.165) is 43.1 Å². The van der Waals surface area contributed by atoms with E-state index >= 15 is 0 Å². The van der Waals surface area contributed by atoms with E-state index in [2.05, 4.69) is 40.7 Å². The normalized spacial score (nSPS) is 17.6. The van der Waals surface area contributed by atoms with Gasteiger partial charge in [-0.3, -0.25) is 4.79 Å². The van der Waals surface area contributed by atoms with Gasteiger partial charge in [0.25, 0.3) is 0 Å². The number of benzene rings is 1. The molecule has 1 saturated heterocycles. The highest BCUT2D eigenvalue weighted by Gasteiger charge is 2.25. The topological polar surface area (TPSA) is 66.0 Å². The maximum atomic E-state index is 11.8. The smallest absolute Gasteiger partial charge is 0.222 e. The van der Waals surface area contributed by atoms with E-state index in [1.165, 1.54) is 0 Å². The highest BCUT2D eigenvalue weighted by molar-refractivity contribution is 5.80. The lowest BCUT2D eigenvalue weighted by Crippen LogP contribution is -2.45. The van der Waals surface area contributed by atoms with Crippen LogP contribution in [-0.2, 0) is 22.7 Å². The van der Waals surface area contributed by atoms with Crippen molar-refractivity contribution in [2.45, 2.75) is 45.9 Å². The number of hydrogen-bond acceptors (Lipinski definition) is 3. The van der Waals surface area contributed by atoms with Gasteiger partial charge in [0.05, 0.1) is 13.2 Å². The number of ether oxygens (including phenoxy) is 1. The number of likely N-dealkylation sites (tertiary alicyclic amines) is 1. The van der Waals surface area contributed by atoms with Gasteiger partial charge in [-0.1, -0.05) is 31.2 Å². The predicted molar refractivity (Wildman–Crippen MR) is 100 cm³/mol. The summed E-state index contributed by atoms with van der Waals surface area (Å²) in [5.41, 5.74) is 2.30. The Morgan fingerprint density at radius 3 is 2.88 bits per heavy atom. The zero-order chi connectivity index (χ0) is 18.1. The molecule has 1 aromatic rings. The Kier molecular flexibility index (Phi) is 7.73. The van der Waals surface area contributed by atoms with Gasteiger partial charge in [-0.25, -0.2) is 4.99 Å². The molecule has 1 aliphatic heterocycles. The Morgan fingerprint density at radius 2 is 2.16 bits per heavy atom. The van der Waals surface area contributed by atoms with Crippen LogP contribution in [0.2, 0.25) is 0 Å². The van der Waals surface area contributed by atoms with Gasteiger partial charge in [0.15, 0.2) is 5.96 Å². The molecule has 6 nitrogen and oxygen atoms in total. The highest BCUT2D eigenvalue weighted by atomic mass is 16.5. The maximum absolute atomic E-state index is 11.8. The van der Waals surface area contributed by atoms with Crippen molar-refractivity contribution in [3.8, 4) is 0 Å². The van der Waals surface area contributed by atoms with Gasteiger partial charge in [0, 0.05) is 39.2 Å². The molecule has 0 aromatic heterocycles. The average Bonchev–Trinajstić information content (AvgIpc) is 3.08. The quantitative estimate of drug-likeness (QED) is 0.585. The molecule has 1 heterocycles. The Bertz CT molecular complexity index is 589. The first-order valence-corrected chi connectivity index (χ1v) is 9.05.